The summed E-state index contributed by atoms with van der Waals surface area (Å²) in [6.07, 6.45) is 12.2. The summed E-state index contributed by atoms with van der Waals surface area (Å²) in [7, 11) is 0. The summed E-state index contributed by atoms with van der Waals surface area (Å²) < 4.78 is 0. The molecule has 6 rings (SSSR count). The minimum Gasteiger partial charge on any atom is -0.481 e. The first kappa shape index (κ1) is 33.5. The minimum atomic E-state index is -0.755. The number of hydrogen-bond donors (Lipinski definition) is 1. The SMILES string of the molecule is Cc1ccnc(-c2cc(CCCC(=O)O)ccn2)c1.[Ru].c1ccc(-c2ccccn2)nc1.c1ccc(-c2ccccn2)nc1. The molecule has 0 unspecified atom stereocenters. The standard InChI is InChI=1S/C15H16N2O2.2C10H8N2.Ru/c1-11-5-7-16-13(9-11)14-10-12(6-8-17-14)3-2-4-15(18)19;2*1-3-7-11-9(5-1)10-6-2-4-8-12-10;/h5-10H,2-4H2,1H3,(H,18,19);2*1-8H;. The molecule has 0 radical (unpaired) electrons. The molecule has 0 atom stereocenters. The number of pyridine rings is 6. The van der Waals surface area contributed by atoms with Crippen molar-refractivity contribution in [3.8, 4) is 34.2 Å². The number of aromatic nitrogens is 6. The smallest absolute Gasteiger partial charge is 0.303 e. The molecule has 0 fully saturated rings. The van der Waals surface area contributed by atoms with Crippen molar-refractivity contribution >= 4 is 5.97 Å². The first-order valence-electron chi connectivity index (χ1n) is 13.8. The molecule has 6 heterocycles. The van der Waals surface area contributed by atoms with Crippen molar-refractivity contribution in [1.29, 1.82) is 0 Å². The van der Waals surface area contributed by atoms with Gasteiger partial charge in [0.15, 0.2) is 0 Å². The van der Waals surface area contributed by atoms with Gasteiger partial charge in [0.2, 0.25) is 0 Å². The van der Waals surface area contributed by atoms with Gasteiger partial charge in [-0.05, 0) is 104 Å². The van der Waals surface area contributed by atoms with Crippen LogP contribution in [0.25, 0.3) is 34.2 Å². The molecule has 0 saturated carbocycles. The topological polar surface area (TPSA) is 115 Å². The predicted molar refractivity (Wildman–Crippen MR) is 168 cm³/mol. The molecule has 222 valence electrons. The predicted octanol–water partition coefficient (Wildman–Crippen LogP) is 7.14. The molecule has 0 aliphatic heterocycles. The van der Waals surface area contributed by atoms with Crippen molar-refractivity contribution in [2.45, 2.75) is 26.2 Å². The number of hydrogen-bond acceptors (Lipinski definition) is 7. The molecule has 0 spiro atoms. The van der Waals surface area contributed by atoms with Gasteiger partial charge >= 0.3 is 5.97 Å². The van der Waals surface area contributed by atoms with Gasteiger partial charge in [0.25, 0.3) is 0 Å². The summed E-state index contributed by atoms with van der Waals surface area (Å²) in [5.74, 6) is -0.755. The third kappa shape index (κ3) is 11.3. The van der Waals surface area contributed by atoms with E-state index in [2.05, 4.69) is 29.9 Å². The second-order valence-electron chi connectivity index (χ2n) is 9.37. The van der Waals surface area contributed by atoms with Gasteiger partial charge in [0.05, 0.1) is 34.2 Å². The van der Waals surface area contributed by atoms with Gasteiger partial charge in [0.1, 0.15) is 0 Å². The molecule has 6 aromatic heterocycles. The Balaban J connectivity index is 0.000000185. The van der Waals surface area contributed by atoms with Crippen molar-refractivity contribution in [3.63, 3.8) is 0 Å². The molecule has 9 heteroatoms. The van der Waals surface area contributed by atoms with Crippen molar-refractivity contribution in [1.82, 2.24) is 29.9 Å². The summed E-state index contributed by atoms with van der Waals surface area (Å²) in [4.78, 5) is 35.9. The molecule has 6 aromatic rings. The van der Waals surface area contributed by atoms with Crippen LogP contribution in [-0.2, 0) is 30.7 Å². The molecule has 44 heavy (non-hydrogen) atoms. The van der Waals surface area contributed by atoms with Gasteiger partial charge in [-0.25, -0.2) is 0 Å². The van der Waals surface area contributed by atoms with Crippen LogP contribution in [-0.4, -0.2) is 41.0 Å². The monoisotopic (exact) mass is 670 g/mol. The van der Waals surface area contributed by atoms with Gasteiger partial charge < -0.3 is 5.11 Å². The Bertz CT molecular complexity index is 1530. The van der Waals surface area contributed by atoms with Crippen LogP contribution in [0.5, 0.6) is 0 Å². The van der Waals surface area contributed by atoms with Crippen LogP contribution in [0.1, 0.15) is 24.0 Å². The van der Waals surface area contributed by atoms with Gasteiger partial charge in [-0.2, -0.15) is 0 Å². The molecule has 0 bridgehead atoms. The fourth-order valence-corrected chi connectivity index (χ4v) is 3.95. The summed E-state index contributed by atoms with van der Waals surface area (Å²) in [5, 5.41) is 8.63. The summed E-state index contributed by atoms with van der Waals surface area (Å²) >= 11 is 0. The van der Waals surface area contributed by atoms with Crippen LogP contribution in [0.2, 0.25) is 0 Å². The Kier molecular flexibility index (Phi) is 14.1. The third-order valence-electron chi connectivity index (χ3n) is 6.04. The van der Waals surface area contributed by atoms with Gasteiger partial charge in [0, 0.05) is 63.1 Å². The number of carbonyl (C=O) groups is 1. The van der Waals surface area contributed by atoms with E-state index in [0.29, 0.717) is 6.42 Å². The van der Waals surface area contributed by atoms with E-state index in [-0.39, 0.29) is 25.9 Å². The minimum absolute atomic E-state index is 0. The maximum absolute atomic E-state index is 10.5. The summed E-state index contributed by atoms with van der Waals surface area (Å²) in [6.45, 7) is 2.02. The summed E-state index contributed by atoms with van der Waals surface area (Å²) in [6, 6.07) is 31.0. The van der Waals surface area contributed by atoms with E-state index in [0.717, 1.165) is 51.7 Å². The van der Waals surface area contributed by atoms with E-state index < -0.39 is 5.97 Å². The second kappa shape index (κ2) is 18.5. The Morgan fingerprint density at radius 2 is 0.955 bits per heavy atom. The van der Waals surface area contributed by atoms with E-state index in [9.17, 15) is 4.79 Å². The number of aliphatic carboxylic acids is 1. The molecule has 1 N–H and O–H groups in total. The summed E-state index contributed by atoms with van der Waals surface area (Å²) in [5.41, 5.74) is 7.57. The molecule has 0 amide bonds. The Morgan fingerprint density at radius 3 is 1.34 bits per heavy atom. The van der Waals surface area contributed by atoms with Crippen molar-refractivity contribution in [3.05, 3.63) is 145 Å². The Morgan fingerprint density at radius 1 is 0.545 bits per heavy atom. The number of aryl methyl sites for hydroxylation is 2. The zero-order chi connectivity index (χ0) is 30.1. The first-order chi connectivity index (χ1) is 21.1. The average Bonchev–Trinajstić information content (AvgIpc) is 3.07. The molecule has 8 nitrogen and oxygen atoms in total. The molecule has 0 aliphatic rings. The van der Waals surface area contributed by atoms with Crippen molar-refractivity contribution in [2.75, 3.05) is 0 Å². The van der Waals surface area contributed by atoms with Crippen LogP contribution in [0.4, 0.5) is 0 Å². The van der Waals surface area contributed by atoms with Crippen LogP contribution < -0.4 is 0 Å². The van der Waals surface area contributed by atoms with E-state index in [1.54, 1.807) is 37.2 Å². The zero-order valence-corrected chi connectivity index (χ0v) is 26.0. The van der Waals surface area contributed by atoms with Crippen LogP contribution >= 0.6 is 0 Å². The van der Waals surface area contributed by atoms with E-state index in [1.807, 2.05) is 104 Å². The number of carboxylic acids is 1. The molecular formula is C35H32N6O2Ru. The Hall–Kier alpha value is -5.01. The van der Waals surface area contributed by atoms with Gasteiger partial charge in [-0.1, -0.05) is 24.3 Å². The van der Waals surface area contributed by atoms with Crippen LogP contribution in [0, 0.1) is 6.92 Å². The number of nitrogens with zero attached hydrogens (tertiary/aromatic N) is 6. The fourth-order valence-electron chi connectivity index (χ4n) is 3.95. The molecule has 0 saturated heterocycles. The van der Waals surface area contributed by atoms with E-state index in [1.165, 1.54) is 0 Å². The molecule has 0 aromatic carbocycles. The normalized spacial score (nSPS) is 9.75. The van der Waals surface area contributed by atoms with E-state index >= 15 is 0 Å². The van der Waals surface area contributed by atoms with E-state index in [4.69, 9.17) is 5.11 Å². The number of rotatable bonds is 7. The van der Waals surface area contributed by atoms with Crippen molar-refractivity contribution < 1.29 is 29.4 Å². The second-order valence-corrected chi connectivity index (χ2v) is 9.37. The van der Waals surface area contributed by atoms with Crippen molar-refractivity contribution in [2.24, 2.45) is 0 Å². The van der Waals surface area contributed by atoms with Crippen LogP contribution in [0.15, 0.2) is 134 Å². The average molecular weight is 670 g/mol. The largest absolute Gasteiger partial charge is 0.481 e. The number of carboxylic acid groups (broad SMARTS) is 1. The van der Waals surface area contributed by atoms with Gasteiger partial charge in [-0.15, -0.1) is 0 Å². The quantitative estimate of drug-likeness (QED) is 0.178. The Labute approximate surface area is 270 Å². The maximum Gasteiger partial charge on any atom is 0.303 e. The fraction of sp³-hybridized carbons (Fsp3) is 0.114. The molecular weight excluding hydrogens is 637 g/mol. The maximum atomic E-state index is 10.5. The third-order valence-corrected chi connectivity index (χ3v) is 6.04. The zero-order valence-electron chi connectivity index (χ0n) is 24.2. The first-order valence-corrected chi connectivity index (χ1v) is 13.8. The van der Waals surface area contributed by atoms with Crippen LogP contribution in [0.3, 0.4) is 0 Å². The molecule has 0 aliphatic carbocycles. The van der Waals surface area contributed by atoms with Gasteiger partial charge in [-0.3, -0.25) is 34.7 Å².